The minimum absolute atomic E-state index is 0.00774. The normalized spacial score (nSPS) is 16.3. The molecular formula is C20H18N2O2. The fraction of sp³-hybridized carbons (Fsp3) is 0.250. The predicted molar refractivity (Wildman–Crippen MR) is 93.5 cm³/mol. The van der Waals surface area contributed by atoms with E-state index in [0.29, 0.717) is 18.4 Å². The lowest BCUT2D eigenvalue weighted by Crippen LogP contribution is -2.22. The number of carbonyl (C=O) groups is 1. The summed E-state index contributed by atoms with van der Waals surface area (Å²) in [7, 11) is 0. The van der Waals surface area contributed by atoms with Crippen molar-refractivity contribution in [3.05, 3.63) is 75.8 Å². The van der Waals surface area contributed by atoms with E-state index in [1.54, 1.807) is 4.57 Å². The molecule has 0 radical (unpaired) electrons. The SMILES string of the molecule is Cc1cccc2c(=O)n3c(nc12)C(CC(=O)c1ccccc1)CC3. The van der Waals surface area contributed by atoms with Crippen LogP contribution >= 0.6 is 0 Å². The van der Waals surface area contributed by atoms with Crippen molar-refractivity contribution in [1.82, 2.24) is 9.55 Å². The monoisotopic (exact) mass is 318 g/mol. The molecule has 0 spiro atoms. The van der Waals surface area contributed by atoms with E-state index in [1.807, 2.05) is 55.5 Å². The van der Waals surface area contributed by atoms with Crippen molar-refractivity contribution in [1.29, 1.82) is 0 Å². The molecule has 2 heterocycles. The van der Waals surface area contributed by atoms with Gasteiger partial charge in [0.25, 0.3) is 5.56 Å². The first-order valence-corrected chi connectivity index (χ1v) is 8.23. The van der Waals surface area contributed by atoms with Crippen molar-refractivity contribution in [3.8, 4) is 0 Å². The molecule has 1 aromatic heterocycles. The van der Waals surface area contributed by atoms with Gasteiger partial charge >= 0.3 is 0 Å². The third-order valence-electron chi connectivity index (χ3n) is 4.81. The second-order valence-electron chi connectivity index (χ2n) is 6.38. The number of hydrogen-bond donors (Lipinski definition) is 0. The van der Waals surface area contributed by atoms with Gasteiger partial charge in [-0.3, -0.25) is 14.2 Å². The molecule has 0 amide bonds. The van der Waals surface area contributed by atoms with E-state index in [9.17, 15) is 9.59 Å². The van der Waals surface area contributed by atoms with Gasteiger partial charge in [0.05, 0.1) is 10.9 Å². The van der Waals surface area contributed by atoms with Gasteiger partial charge in [0.2, 0.25) is 0 Å². The van der Waals surface area contributed by atoms with Crippen molar-refractivity contribution in [2.45, 2.75) is 32.2 Å². The summed E-state index contributed by atoms with van der Waals surface area (Å²) in [5.41, 5.74) is 2.48. The van der Waals surface area contributed by atoms with Crippen molar-refractivity contribution < 1.29 is 4.79 Å². The molecule has 0 aliphatic carbocycles. The number of nitrogens with zero attached hydrogens (tertiary/aromatic N) is 2. The molecule has 120 valence electrons. The maximum absolute atomic E-state index is 12.7. The summed E-state index contributed by atoms with van der Waals surface area (Å²) in [4.78, 5) is 30.0. The van der Waals surface area contributed by atoms with Gasteiger partial charge in [-0.05, 0) is 25.0 Å². The van der Waals surface area contributed by atoms with Crippen LogP contribution in [-0.4, -0.2) is 15.3 Å². The van der Waals surface area contributed by atoms with Crippen molar-refractivity contribution in [2.24, 2.45) is 0 Å². The second kappa shape index (κ2) is 5.71. The van der Waals surface area contributed by atoms with Gasteiger partial charge in [0.1, 0.15) is 5.82 Å². The molecule has 3 aromatic rings. The Bertz CT molecular complexity index is 990. The zero-order valence-corrected chi connectivity index (χ0v) is 13.5. The summed E-state index contributed by atoms with van der Waals surface area (Å²) in [6.45, 7) is 2.60. The van der Waals surface area contributed by atoms with Crippen LogP contribution in [-0.2, 0) is 6.54 Å². The van der Waals surface area contributed by atoms with Gasteiger partial charge in [-0.15, -0.1) is 0 Å². The number of fused-ring (bicyclic) bond motifs is 2. The van der Waals surface area contributed by atoms with E-state index < -0.39 is 0 Å². The molecule has 4 nitrogen and oxygen atoms in total. The van der Waals surface area contributed by atoms with Crippen molar-refractivity contribution in [2.75, 3.05) is 0 Å². The fourth-order valence-electron chi connectivity index (χ4n) is 3.51. The van der Waals surface area contributed by atoms with Crippen LogP contribution < -0.4 is 5.56 Å². The second-order valence-corrected chi connectivity index (χ2v) is 6.38. The summed E-state index contributed by atoms with van der Waals surface area (Å²) < 4.78 is 1.74. The van der Waals surface area contributed by atoms with Crippen LogP contribution in [0, 0.1) is 6.92 Å². The first kappa shape index (κ1) is 14.8. The predicted octanol–water partition coefficient (Wildman–Crippen LogP) is 3.47. The summed E-state index contributed by atoms with van der Waals surface area (Å²) >= 11 is 0. The number of hydrogen-bond acceptors (Lipinski definition) is 3. The lowest BCUT2D eigenvalue weighted by Gasteiger charge is -2.11. The quantitative estimate of drug-likeness (QED) is 0.695. The zero-order chi connectivity index (χ0) is 16.7. The molecule has 24 heavy (non-hydrogen) atoms. The van der Waals surface area contributed by atoms with E-state index in [-0.39, 0.29) is 17.3 Å². The molecule has 0 bridgehead atoms. The number of aryl methyl sites for hydroxylation is 1. The molecule has 0 fully saturated rings. The standard InChI is InChI=1S/C20H18N2O2/c1-13-6-5-9-16-18(13)21-19-15(10-11-22(19)20(16)24)12-17(23)14-7-3-2-4-8-14/h2-9,15H,10-12H2,1H3. The minimum atomic E-state index is 0.00774. The van der Waals surface area contributed by atoms with Crippen LogP contribution in [0.1, 0.15) is 40.5 Å². The molecule has 4 rings (SSSR count). The molecule has 1 atom stereocenters. The molecule has 0 saturated heterocycles. The van der Waals surface area contributed by atoms with Gasteiger partial charge in [-0.25, -0.2) is 4.98 Å². The number of carbonyl (C=O) groups excluding carboxylic acids is 1. The molecule has 1 aliphatic rings. The number of ketones is 1. The van der Waals surface area contributed by atoms with Crippen LogP contribution in [0.15, 0.2) is 53.3 Å². The van der Waals surface area contributed by atoms with E-state index in [0.717, 1.165) is 28.9 Å². The van der Waals surface area contributed by atoms with Gasteiger partial charge < -0.3 is 0 Å². The van der Waals surface area contributed by atoms with Gasteiger partial charge in [-0.1, -0.05) is 42.5 Å². The largest absolute Gasteiger partial charge is 0.296 e. The third-order valence-corrected chi connectivity index (χ3v) is 4.81. The average Bonchev–Trinajstić information content (AvgIpc) is 3.00. The molecule has 0 saturated carbocycles. The van der Waals surface area contributed by atoms with Crippen molar-refractivity contribution >= 4 is 16.7 Å². The van der Waals surface area contributed by atoms with E-state index in [2.05, 4.69) is 0 Å². The van der Waals surface area contributed by atoms with Crippen LogP contribution in [0.3, 0.4) is 0 Å². The maximum Gasteiger partial charge on any atom is 0.261 e. The lowest BCUT2D eigenvalue weighted by molar-refractivity contribution is 0.0973. The van der Waals surface area contributed by atoms with E-state index >= 15 is 0 Å². The highest BCUT2D eigenvalue weighted by Crippen LogP contribution is 2.30. The van der Waals surface area contributed by atoms with Gasteiger partial charge in [0.15, 0.2) is 5.78 Å². The van der Waals surface area contributed by atoms with Gasteiger partial charge in [0, 0.05) is 24.4 Å². The fourth-order valence-corrected chi connectivity index (χ4v) is 3.51. The first-order valence-electron chi connectivity index (χ1n) is 8.23. The Morgan fingerprint density at radius 2 is 1.96 bits per heavy atom. The van der Waals surface area contributed by atoms with Crippen LogP contribution in [0.25, 0.3) is 10.9 Å². The lowest BCUT2D eigenvalue weighted by atomic mass is 9.96. The van der Waals surface area contributed by atoms with Crippen molar-refractivity contribution in [3.63, 3.8) is 0 Å². The smallest absolute Gasteiger partial charge is 0.261 e. The average molecular weight is 318 g/mol. The Morgan fingerprint density at radius 1 is 1.17 bits per heavy atom. The molecule has 1 aliphatic heterocycles. The first-order chi connectivity index (χ1) is 11.6. The minimum Gasteiger partial charge on any atom is -0.296 e. The molecule has 0 N–H and O–H groups in total. The molecule has 4 heteroatoms. The third kappa shape index (κ3) is 2.35. The Labute approximate surface area is 139 Å². The Hall–Kier alpha value is -2.75. The molecule has 1 unspecified atom stereocenters. The zero-order valence-electron chi connectivity index (χ0n) is 13.5. The van der Waals surface area contributed by atoms with Gasteiger partial charge in [-0.2, -0.15) is 0 Å². The Balaban J connectivity index is 1.74. The highest BCUT2D eigenvalue weighted by atomic mass is 16.1. The summed E-state index contributed by atoms with van der Waals surface area (Å²) in [5, 5.41) is 0.661. The molecule has 2 aromatic carbocycles. The summed E-state index contributed by atoms with van der Waals surface area (Å²) in [5.74, 6) is 0.869. The number of Topliss-reactive ketones (excluding diaryl/α,β-unsaturated/α-hetero) is 1. The number of para-hydroxylation sites is 1. The number of aromatic nitrogens is 2. The van der Waals surface area contributed by atoms with Crippen LogP contribution in [0.2, 0.25) is 0 Å². The summed E-state index contributed by atoms with van der Waals surface area (Å²) in [6.07, 6.45) is 1.18. The highest BCUT2D eigenvalue weighted by Gasteiger charge is 2.28. The van der Waals surface area contributed by atoms with Crippen LogP contribution in [0.4, 0.5) is 0 Å². The molecular weight excluding hydrogens is 300 g/mol. The number of benzene rings is 2. The van der Waals surface area contributed by atoms with E-state index in [4.69, 9.17) is 4.98 Å². The maximum atomic E-state index is 12.7. The Morgan fingerprint density at radius 3 is 2.75 bits per heavy atom. The highest BCUT2D eigenvalue weighted by molar-refractivity contribution is 5.96. The topological polar surface area (TPSA) is 52.0 Å². The van der Waals surface area contributed by atoms with Crippen LogP contribution in [0.5, 0.6) is 0 Å². The Kier molecular flexibility index (Phi) is 3.53. The van der Waals surface area contributed by atoms with E-state index in [1.165, 1.54) is 0 Å². The number of rotatable bonds is 3. The summed E-state index contributed by atoms with van der Waals surface area (Å²) in [6, 6.07) is 15.0.